The SMILES string of the molecule is CC(C)c1ccc(C(=O)Nc2sccc2C(=O)N2CC(CN)CC2C)cc1. The van der Waals surface area contributed by atoms with E-state index in [1.54, 1.807) is 6.07 Å². The zero-order chi connectivity index (χ0) is 19.6. The Kier molecular flexibility index (Phi) is 5.97. The van der Waals surface area contributed by atoms with Crippen LogP contribution < -0.4 is 11.1 Å². The third-order valence-electron chi connectivity index (χ3n) is 5.22. The van der Waals surface area contributed by atoms with Crippen LogP contribution in [0.4, 0.5) is 5.00 Å². The number of carbonyl (C=O) groups excluding carboxylic acids is 2. The van der Waals surface area contributed by atoms with E-state index in [2.05, 4.69) is 26.1 Å². The number of anilines is 1. The summed E-state index contributed by atoms with van der Waals surface area (Å²) in [6.07, 6.45) is 0.927. The topological polar surface area (TPSA) is 75.4 Å². The summed E-state index contributed by atoms with van der Waals surface area (Å²) in [5.41, 5.74) is 8.10. The molecule has 6 heteroatoms. The summed E-state index contributed by atoms with van der Waals surface area (Å²) in [5.74, 6) is 0.532. The summed E-state index contributed by atoms with van der Waals surface area (Å²) in [4.78, 5) is 27.5. The lowest BCUT2D eigenvalue weighted by Crippen LogP contribution is -2.34. The van der Waals surface area contributed by atoms with Crippen molar-refractivity contribution in [2.75, 3.05) is 18.4 Å². The van der Waals surface area contributed by atoms with E-state index in [1.165, 1.54) is 16.9 Å². The van der Waals surface area contributed by atoms with Gasteiger partial charge in [-0.2, -0.15) is 0 Å². The molecule has 0 spiro atoms. The van der Waals surface area contributed by atoms with Crippen molar-refractivity contribution in [1.82, 2.24) is 4.90 Å². The number of thiophene rings is 1. The largest absolute Gasteiger partial charge is 0.336 e. The molecule has 3 N–H and O–H groups in total. The number of amides is 2. The van der Waals surface area contributed by atoms with Gasteiger partial charge >= 0.3 is 0 Å². The summed E-state index contributed by atoms with van der Waals surface area (Å²) >= 11 is 1.37. The fourth-order valence-electron chi connectivity index (χ4n) is 3.52. The van der Waals surface area contributed by atoms with Gasteiger partial charge in [0.1, 0.15) is 5.00 Å². The van der Waals surface area contributed by atoms with Gasteiger partial charge in [-0.3, -0.25) is 9.59 Å². The number of rotatable bonds is 5. The highest BCUT2D eigenvalue weighted by atomic mass is 32.1. The Balaban J connectivity index is 1.73. The lowest BCUT2D eigenvalue weighted by molar-refractivity contribution is 0.0745. The van der Waals surface area contributed by atoms with Crippen LogP contribution in [0.3, 0.4) is 0 Å². The van der Waals surface area contributed by atoms with Crippen LogP contribution in [-0.4, -0.2) is 35.8 Å². The third kappa shape index (κ3) is 4.22. The molecule has 0 aliphatic carbocycles. The van der Waals surface area contributed by atoms with E-state index in [1.807, 2.05) is 34.5 Å². The molecule has 3 rings (SSSR count). The third-order valence-corrected chi connectivity index (χ3v) is 6.05. The summed E-state index contributed by atoms with van der Waals surface area (Å²) in [7, 11) is 0. The first-order chi connectivity index (χ1) is 12.9. The van der Waals surface area contributed by atoms with Crippen molar-refractivity contribution in [2.45, 2.75) is 39.2 Å². The molecule has 0 saturated carbocycles. The molecule has 5 nitrogen and oxygen atoms in total. The molecule has 1 saturated heterocycles. The van der Waals surface area contributed by atoms with Crippen molar-refractivity contribution in [1.29, 1.82) is 0 Å². The van der Waals surface area contributed by atoms with Crippen LogP contribution in [0.15, 0.2) is 35.7 Å². The first-order valence-electron chi connectivity index (χ1n) is 9.40. The minimum atomic E-state index is -0.198. The van der Waals surface area contributed by atoms with Crippen LogP contribution >= 0.6 is 11.3 Å². The van der Waals surface area contributed by atoms with E-state index in [0.29, 0.717) is 41.1 Å². The van der Waals surface area contributed by atoms with Gasteiger partial charge in [-0.15, -0.1) is 11.3 Å². The van der Waals surface area contributed by atoms with Gasteiger partial charge in [-0.1, -0.05) is 26.0 Å². The molecule has 1 fully saturated rings. The van der Waals surface area contributed by atoms with E-state index in [4.69, 9.17) is 5.73 Å². The number of likely N-dealkylation sites (tertiary alicyclic amines) is 1. The molecule has 1 aliphatic heterocycles. The van der Waals surface area contributed by atoms with Crippen molar-refractivity contribution in [3.63, 3.8) is 0 Å². The number of hydrogen-bond donors (Lipinski definition) is 2. The van der Waals surface area contributed by atoms with E-state index < -0.39 is 0 Å². The lowest BCUT2D eigenvalue weighted by atomic mass is 10.0. The van der Waals surface area contributed by atoms with Gasteiger partial charge in [0.25, 0.3) is 11.8 Å². The molecule has 2 amide bonds. The molecule has 2 heterocycles. The van der Waals surface area contributed by atoms with E-state index in [9.17, 15) is 9.59 Å². The Morgan fingerprint density at radius 2 is 1.96 bits per heavy atom. The van der Waals surface area contributed by atoms with Crippen molar-refractivity contribution in [3.05, 3.63) is 52.4 Å². The molecule has 144 valence electrons. The summed E-state index contributed by atoms with van der Waals surface area (Å²) in [5, 5.41) is 5.34. The van der Waals surface area contributed by atoms with Crippen LogP contribution in [0.1, 0.15) is 59.4 Å². The van der Waals surface area contributed by atoms with Gasteiger partial charge in [-0.25, -0.2) is 0 Å². The number of hydrogen-bond acceptors (Lipinski definition) is 4. The van der Waals surface area contributed by atoms with E-state index in [0.717, 1.165) is 6.42 Å². The van der Waals surface area contributed by atoms with Crippen molar-refractivity contribution >= 4 is 28.2 Å². The van der Waals surface area contributed by atoms with Crippen LogP contribution in [0, 0.1) is 5.92 Å². The maximum Gasteiger partial charge on any atom is 0.257 e. The van der Waals surface area contributed by atoms with Crippen LogP contribution in [0.5, 0.6) is 0 Å². The summed E-state index contributed by atoms with van der Waals surface area (Å²) in [6.45, 7) is 7.55. The molecule has 27 heavy (non-hydrogen) atoms. The zero-order valence-electron chi connectivity index (χ0n) is 16.1. The second-order valence-electron chi connectivity index (χ2n) is 7.54. The Morgan fingerprint density at radius 1 is 1.26 bits per heavy atom. The fourth-order valence-corrected chi connectivity index (χ4v) is 4.29. The number of nitrogens with two attached hydrogens (primary N) is 1. The number of nitrogens with zero attached hydrogens (tertiary/aromatic N) is 1. The molecular weight excluding hydrogens is 358 g/mol. The van der Waals surface area contributed by atoms with Crippen molar-refractivity contribution in [2.24, 2.45) is 11.7 Å². The minimum Gasteiger partial charge on any atom is -0.336 e. The van der Waals surface area contributed by atoms with Gasteiger partial charge in [0.15, 0.2) is 0 Å². The molecule has 1 aromatic carbocycles. The fraction of sp³-hybridized carbons (Fsp3) is 0.429. The predicted octanol–water partition coefficient (Wildman–Crippen LogP) is 3.93. The Bertz CT molecular complexity index is 813. The molecule has 1 aromatic heterocycles. The van der Waals surface area contributed by atoms with Crippen molar-refractivity contribution < 1.29 is 9.59 Å². The molecule has 2 atom stereocenters. The van der Waals surface area contributed by atoms with Gasteiger partial charge in [-0.05, 0) is 60.9 Å². The quantitative estimate of drug-likeness (QED) is 0.819. The molecule has 2 unspecified atom stereocenters. The number of carbonyl (C=O) groups is 2. The predicted molar refractivity (Wildman–Crippen MR) is 110 cm³/mol. The van der Waals surface area contributed by atoms with E-state index in [-0.39, 0.29) is 17.9 Å². The molecule has 0 bridgehead atoms. The van der Waals surface area contributed by atoms with E-state index >= 15 is 0 Å². The Labute approximate surface area is 164 Å². The first kappa shape index (κ1) is 19.6. The van der Waals surface area contributed by atoms with Crippen LogP contribution in [0.2, 0.25) is 0 Å². The summed E-state index contributed by atoms with van der Waals surface area (Å²) in [6, 6.07) is 9.55. The second-order valence-corrected chi connectivity index (χ2v) is 8.45. The van der Waals surface area contributed by atoms with Crippen LogP contribution in [0.25, 0.3) is 0 Å². The maximum atomic E-state index is 13.0. The molecule has 0 radical (unpaired) electrons. The Morgan fingerprint density at radius 3 is 2.56 bits per heavy atom. The highest BCUT2D eigenvalue weighted by Crippen LogP contribution is 2.30. The average Bonchev–Trinajstić information content (AvgIpc) is 3.27. The normalized spacial score (nSPS) is 19.5. The van der Waals surface area contributed by atoms with Crippen LogP contribution in [-0.2, 0) is 0 Å². The average molecular weight is 386 g/mol. The number of benzene rings is 1. The smallest absolute Gasteiger partial charge is 0.257 e. The van der Waals surface area contributed by atoms with Gasteiger partial charge in [0, 0.05) is 18.2 Å². The number of nitrogens with one attached hydrogen (secondary N) is 1. The first-order valence-corrected chi connectivity index (χ1v) is 10.3. The van der Waals surface area contributed by atoms with Gasteiger partial charge < -0.3 is 16.0 Å². The zero-order valence-corrected chi connectivity index (χ0v) is 16.9. The Hall–Kier alpha value is -2.18. The minimum absolute atomic E-state index is 0.0369. The standard InChI is InChI=1S/C21H27N3O2S/c1-13(2)16-4-6-17(7-5-16)19(25)23-20-18(8-9-27-20)21(26)24-12-15(11-22)10-14(24)3/h4-9,13-15H,10-12,22H2,1-3H3,(H,23,25). The monoisotopic (exact) mass is 385 g/mol. The van der Waals surface area contributed by atoms with Crippen molar-refractivity contribution in [3.8, 4) is 0 Å². The highest BCUT2D eigenvalue weighted by molar-refractivity contribution is 7.14. The maximum absolute atomic E-state index is 13.0. The molecule has 2 aromatic rings. The molecule has 1 aliphatic rings. The second kappa shape index (κ2) is 8.23. The highest BCUT2D eigenvalue weighted by Gasteiger charge is 2.33. The summed E-state index contributed by atoms with van der Waals surface area (Å²) < 4.78 is 0. The van der Waals surface area contributed by atoms with Gasteiger partial charge in [0.05, 0.1) is 5.56 Å². The molecular formula is C21H27N3O2S. The lowest BCUT2D eigenvalue weighted by Gasteiger charge is -2.21. The van der Waals surface area contributed by atoms with Gasteiger partial charge in [0.2, 0.25) is 0 Å².